The molecular weight excluding hydrogens is 436 g/mol. The summed E-state index contributed by atoms with van der Waals surface area (Å²) in [7, 11) is 1.90. The van der Waals surface area contributed by atoms with Gasteiger partial charge in [0, 0.05) is 58.0 Å². The van der Waals surface area contributed by atoms with Crippen LogP contribution in [0.3, 0.4) is 0 Å². The Hall–Kier alpha value is -2.86. The van der Waals surface area contributed by atoms with Crippen molar-refractivity contribution in [3.8, 4) is 0 Å². The monoisotopic (exact) mass is 474 g/mol. The van der Waals surface area contributed by atoms with Gasteiger partial charge in [-0.05, 0) is 67.9 Å². The molecule has 0 bridgehead atoms. The number of carbonyl (C=O) groups excluding carboxylic acids is 2. The first kappa shape index (κ1) is 23.9. The molecule has 0 spiro atoms. The van der Waals surface area contributed by atoms with Crippen molar-refractivity contribution in [1.82, 2.24) is 14.7 Å². The van der Waals surface area contributed by atoms with Gasteiger partial charge in [-0.1, -0.05) is 36.4 Å². The maximum absolute atomic E-state index is 13.6. The van der Waals surface area contributed by atoms with Crippen LogP contribution in [0.5, 0.6) is 0 Å². The highest BCUT2D eigenvalue weighted by Gasteiger charge is 2.43. The minimum atomic E-state index is -0.719. The van der Waals surface area contributed by atoms with E-state index in [9.17, 15) is 9.59 Å². The fourth-order valence-electron chi connectivity index (χ4n) is 5.99. The molecule has 0 aromatic heterocycles. The van der Waals surface area contributed by atoms with Crippen LogP contribution < -0.4 is 4.90 Å². The normalized spacial score (nSPS) is 19.7. The summed E-state index contributed by atoms with van der Waals surface area (Å²) in [5.41, 5.74) is 4.55. The number of benzene rings is 2. The van der Waals surface area contributed by atoms with Crippen molar-refractivity contribution in [2.75, 3.05) is 44.7 Å². The fourth-order valence-corrected chi connectivity index (χ4v) is 5.99. The number of nitrogens with zero attached hydrogens (tertiary/aromatic N) is 4. The molecule has 1 aliphatic carbocycles. The SMILES string of the molecule is CCN(C(=O)N(C)C1Cc2ccccc2C1)C1(C=O)CCN(Cc2ccc(N3CCC3)cc2)CC1. The highest BCUT2D eigenvalue weighted by atomic mass is 16.2. The highest BCUT2D eigenvalue weighted by Crippen LogP contribution is 2.31. The van der Waals surface area contributed by atoms with Crippen LogP contribution in [-0.2, 0) is 24.2 Å². The number of carbonyl (C=O) groups is 2. The van der Waals surface area contributed by atoms with Crippen molar-refractivity contribution < 1.29 is 9.59 Å². The second kappa shape index (κ2) is 10.0. The number of anilines is 1. The standard InChI is InChI=1S/C29H38N4O2/c1-3-33(28(35)30(2)27-19-24-7-4-5-8-25(24)20-27)29(22-34)13-17-31(18-14-29)21-23-9-11-26(12-10-23)32-15-6-16-32/h4-5,7-12,22,27H,3,6,13-21H2,1-2H3. The lowest BCUT2D eigenvalue weighted by Crippen LogP contribution is -2.61. The quantitative estimate of drug-likeness (QED) is 0.570. The molecular formula is C29H38N4O2. The number of hydrogen-bond donors (Lipinski definition) is 0. The molecule has 35 heavy (non-hydrogen) atoms. The first-order valence-corrected chi connectivity index (χ1v) is 13.2. The van der Waals surface area contributed by atoms with E-state index in [4.69, 9.17) is 0 Å². The van der Waals surface area contributed by atoms with Gasteiger partial charge in [0.1, 0.15) is 11.8 Å². The summed E-state index contributed by atoms with van der Waals surface area (Å²) in [5.74, 6) is 0. The molecule has 0 N–H and O–H groups in total. The number of hydrogen-bond acceptors (Lipinski definition) is 4. The molecule has 2 saturated heterocycles. The van der Waals surface area contributed by atoms with E-state index in [0.717, 1.165) is 51.9 Å². The molecule has 2 fully saturated rings. The molecule has 5 rings (SSSR count). The zero-order valence-corrected chi connectivity index (χ0v) is 21.2. The van der Waals surface area contributed by atoms with Crippen LogP contribution in [-0.4, -0.2) is 78.4 Å². The van der Waals surface area contributed by atoms with Crippen LogP contribution in [0.25, 0.3) is 0 Å². The first-order chi connectivity index (χ1) is 17.0. The van der Waals surface area contributed by atoms with Gasteiger partial charge in [-0.15, -0.1) is 0 Å². The van der Waals surface area contributed by atoms with Crippen molar-refractivity contribution >= 4 is 18.0 Å². The maximum atomic E-state index is 13.6. The van der Waals surface area contributed by atoms with Crippen LogP contribution in [0.15, 0.2) is 48.5 Å². The number of aldehydes is 1. The van der Waals surface area contributed by atoms with Gasteiger partial charge in [0.25, 0.3) is 0 Å². The zero-order chi connectivity index (χ0) is 24.4. The van der Waals surface area contributed by atoms with E-state index in [2.05, 4.69) is 58.3 Å². The molecule has 2 amide bonds. The Bertz CT molecular complexity index is 1020. The summed E-state index contributed by atoms with van der Waals surface area (Å²) in [6, 6.07) is 17.5. The molecule has 2 aromatic rings. The lowest BCUT2D eigenvalue weighted by atomic mass is 9.86. The average Bonchev–Trinajstić information content (AvgIpc) is 3.29. The van der Waals surface area contributed by atoms with Crippen LogP contribution in [0, 0.1) is 0 Å². The van der Waals surface area contributed by atoms with E-state index < -0.39 is 5.54 Å². The van der Waals surface area contributed by atoms with E-state index >= 15 is 0 Å². The fraction of sp³-hybridized carbons (Fsp3) is 0.517. The summed E-state index contributed by atoms with van der Waals surface area (Å²) in [5, 5.41) is 0. The van der Waals surface area contributed by atoms with Crippen molar-refractivity contribution in [3.05, 3.63) is 65.2 Å². The lowest BCUT2D eigenvalue weighted by molar-refractivity contribution is -0.120. The van der Waals surface area contributed by atoms with E-state index in [0.29, 0.717) is 19.4 Å². The number of amides is 2. The number of rotatable bonds is 7. The topological polar surface area (TPSA) is 47.1 Å². The predicted molar refractivity (Wildman–Crippen MR) is 140 cm³/mol. The summed E-state index contributed by atoms with van der Waals surface area (Å²) in [6.45, 7) is 7.37. The van der Waals surface area contributed by atoms with E-state index in [1.54, 1.807) is 0 Å². The molecule has 2 aliphatic heterocycles. The van der Waals surface area contributed by atoms with Crippen LogP contribution >= 0.6 is 0 Å². The van der Waals surface area contributed by atoms with E-state index in [1.807, 2.05) is 23.8 Å². The molecule has 2 heterocycles. The van der Waals surface area contributed by atoms with Crippen molar-refractivity contribution in [2.24, 2.45) is 0 Å². The van der Waals surface area contributed by atoms with Crippen LogP contribution in [0.1, 0.15) is 42.9 Å². The summed E-state index contributed by atoms with van der Waals surface area (Å²) in [4.78, 5) is 34.6. The largest absolute Gasteiger partial charge is 0.371 e. The molecule has 0 radical (unpaired) electrons. The van der Waals surface area contributed by atoms with Gasteiger partial charge >= 0.3 is 6.03 Å². The molecule has 0 unspecified atom stereocenters. The second-order valence-corrected chi connectivity index (χ2v) is 10.5. The smallest absolute Gasteiger partial charge is 0.320 e. The van der Waals surface area contributed by atoms with E-state index in [-0.39, 0.29) is 12.1 Å². The Morgan fingerprint density at radius 1 is 1.00 bits per heavy atom. The number of piperidine rings is 1. The summed E-state index contributed by atoms with van der Waals surface area (Å²) >= 11 is 0. The third kappa shape index (κ3) is 4.68. The molecule has 0 saturated carbocycles. The van der Waals surface area contributed by atoms with Gasteiger partial charge in [-0.3, -0.25) is 4.90 Å². The Labute approximate surface area is 209 Å². The van der Waals surface area contributed by atoms with Gasteiger partial charge in [-0.25, -0.2) is 4.79 Å². The van der Waals surface area contributed by atoms with Gasteiger partial charge in [-0.2, -0.15) is 0 Å². The number of urea groups is 1. The van der Waals surface area contributed by atoms with Gasteiger partial charge in [0.15, 0.2) is 0 Å². The molecule has 6 nitrogen and oxygen atoms in total. The van der Waals surface area contributed by atoms with Gasteiger partial charge in [0.2, 0.25) is 0 Å². The summed E-state index contributed by atoms with van der Waals surface area (Å²) in [6.07, 6.45) is 5.46. The van der Waals surface area contributed by atoms with Gasteiger partial charge in [0.05, 0.1) is 0 Å². The second-order valence-electron chi connectivity index (χ2n) is 10.5. The summed E-state index contributed by atoms with van der Waals surface area (Å²) < 4.78 is 0. The Balaban J connectivity index is 1.20. The lowest BCUT2D eigenvalue weighted by Gasteiger charge is -2.46. The minimum absolute atomic E-state index is 0.0209. The van der Waals surface area contributed by atoms with E-state index in [1.165, 1.54) is 28.8 Å². The zero-order valence-electron chi connectivity index (χ0n) is 21.2. The maximum Gasteiger partial charge on any atom is 0.320 e. The van der Waals surface area contributed by atoms with Crippen LogP contribution in [0.2, 0.25) is 0 Å². The Morgan fingerprint density at radius 2 is 1.63 bits per heavy atom. The third-order valence-corrected chi connectivity index (χ3v) is 8.47. The van der Waals surface area contributed by atoms with Gasteiger partial charge < -0.3 is 19.5 Å². The Morgan fingerprint density at radius 3 is 2.14 bits per heavy atom. The molecule has 6 heteroatoms. The predicted octanol–water partition coefficient (Wildman–Crippen LogP) is 3.97. The highest BCUT2D eigenvalue weighted by molar-refractivity contribution is 5.81. The first-order valence-electron chi connectivity index (χ1n) is 13.2. The molecule has 2 aromatic carbocycles. The third-order valence-electron chi connectivity index (χ3n) is 8.47. The minimum Gasteiger partial charge on any atom is -0.371 e. The van der Waals surface area contributed by atoms with Crippen molar-refractivity contribution in [3.63, 3.8) is 0 Å². The number of likely N-dealkylation sites (tertiary alicyclic amines) is 1. The van der Waals surface area contributed by atoms with Crippen LogP contribution in [0.4, 0.5) is 10.5 Å². The number of fused-ring (bicyclic) bond motifs is 1. The molecule has 186 valence electrons. The van der Waals surface area contributed by atoms with Crippen molar-refractivity contribution in [1.29, 1.82) is 0 Å². The molecule has 0 atom stereocenters. The average molecular weight is 475 g/mol. The molecule has 3 aliphatic rings. The number of likely N-dealkylation sites (N-methyl/N-ethyl adjacent to an activating group) is 2. The van der Waals surface area contributed by atoms with Crippen molar-refractivity contribution in [2.45, 2.75) is 57.2 Å². The Kier molecular flexibility index (Phi) is 6.83.